The molecule has 0 amide bonds. The zero-order chi connectivity index (χ0) is 11.5. The quantitative estimate of drug-likeness (QED) is 0.491. The minimum absolute atomic E-state index is 0.559. The highest BCUT2D eigenvalue weighted by Crippen LogP contribution is 2.04. The van der Waals surface area contributed by atoms with Crippen molar-refractivity contribution < 1.29 is 9.47 Å². The van der Waals surface area contributed by atoms with Crippen molar-refractivity contribution in [3.63, 3.8) is 0 Å². The molecule has 0 saturated heterocycles. The molecule has 0 aliphatic rings. The van der Waals surface area contributed by atoms with Crippen LogP contribution in [-0.4, -0.2) is 44.8 Å². The summed E-state index contributed by atoms with van der Waals surface area (Å²) in [7, 11) is 1.69. The van der Waals surface area contributed by atoms with Gasteiger partial charge in [-0.1, -0.05) is 29.8 Å². The lowest BCUT2D eigenvalue weighted by molar-refractivity contribution is 0.0692. The lowest BCUT2D eigenvalue weighted by Crippen LogP contribution is -2.36. The van der Waals surface area contributed by atoms with E-state index in [0.29, 0.717) is 25.2 Å². The van der Waals surface area contributed by atoms with E-state index in [0.717, 1.165) is 24.9 Å². The number of nitrogens with one attached hydrogen (secondary N) is 1. The average molecular weight is 282 g/mol. The van der Waals surface area contributed by atoms with Crippen molar-refractivity contribution in [2.75, 3.05) is 38.8 Å². The molecule has 0 saturated carbocycles. The maximum Gasteiger partial charge on any atom is 0.0700 e. The van der Waals surface area contributed by atoms with Crippen molar-refractivity contribution in [1.29, 1.82) is 0 Å². The normalized spacial score (nSPS) is 13.4. The molecule has 0 aromatic rings. The summed E-state index contributed by atoms with van der Waals surface area (Å²) in [5.41, 5.74) is 0. The fraction of sp³-hybridized carbons (Fsp3) is 1.00. The van der Waals surface area contributed by atoms with Crippen LogP contribution in [0.3, 0.4) is 0 Å². The van der Waals surface area contributed by atoms with Crippen LogP contribution in [0.25, 0.3) is 0 Å². The molecule has 4 heteroatoms. The molecule has 0 heterocycles. The SMILES string of the molecule is COCCOCCCNC(CBr)C(C)C. The predicted molar refractivity (Wildman–Crippen MR) is 67.7 cm³/mol. The second kappa shape index (κ2) is 10.9. The van der Waals surface area contributed by atoms with Gasteiger partial charge >= 0.3 is 0 Å². The van der Waals surface area contributed by atoms with Gasteiger partial charge in [-0.25, -0.2) is 0 Å². The van der Waals surface area contributed by atoms with E-state index in [1.165, 1.54) is 0 Å². The first kappa shape index (κ1) is 15.4. The maximum absolute atomic E-state index is 5.37. The molecule has 0 bridgehead atoms. The number of halogens is 1. The Hall–Kier alpha value is 0.360. The van der Waals surface area contributed by atoms with Gasteiger partial charge in [0, 0.05) is 25.1 Å². The molecule has 0 radical (unpaired) electrons. The Balaban J connectivity index is 3.22. The van der Waals surface area contributed by atoms with Gasteiger partial charge in [-0.15, -0.1) is 0 Å². The van der Waals surface area contributed by atoms with Crippen LogP contribution in [0.2, 0.25) is 0 Å². The van der Waals surface area contributed by atoms with E-state index in [1.54, 1.807) is 7.11 Å². The van der Waals surface area contributed by atoms with Gasteiger partial charge in [-0.05, 0) is 18.9 Å². The van der Waals surface area contributed by atoms with Gasteiger partial charge < -0.3 is 14.8 Å². The summed E-state index contributed by atoms with van der Waals surface area (Å²) in [5, 5.41) is 4.51. The molecule has 0 aromatic heterocycles. The highest BCUT2D eigenvalue weighted by Gasteiger charge is 2.09. The lowest BCUT2D eigenvalue weighted by atomic mass is 10.1. The fourth-order valence-corrected chi connectivity index (χ4v) is 2.15. The second-order valence-corrected chi connectivity index (χ2v) is 4.57. The number of methoxy groups -OCH3 is 1. The predicted octanol–water partition coefficient (Wildman–Crippen LogP) is 2.05. The zero-order valence-electron chi connectivity index (χ0n) is 10.1. The Bertz CT molecular complexity index is 134. The van der Waals surface area contributed by atoms with E-state index in [2.05, 4.69) is 35.1 Å². The summed E-state index contributed by atoms with van der Waals surface area (Å²) < 4.78 is 10.3. The number of hydrogen-bond donors (Lipinski definition) is 1. The molecule has 92 valence electrons. The van der Waals surface area contributed by atoms with Gasteiger partial charge in [0.2, 0.25) is 0 Å². The third kappa shape index (κ3) is 9.30. The van der Waals surface area contributed by atoms with Crippen molar-refractivity contribution >= 4 is 15.9 Å². The first-order chi connectivity index (χ1) is 7.22. The summed E-state index contributed by atoms with van der Waals surface area (Å²) >= 11 is 3.51. The van der Waals surface area contributed by atoms with Crippen molar-refractivity contribution in [2.24, 2.45) is 5.92 Å². The molecular weight excluding hydrogens is 258 g/mol. The van der Waals surface area contributed by atoms with Crippen LogP contribution in [0, 0.1) is 5.92 Å². The van der Waals surface area contributed by atoms with E-state index in [9.17, 15) is 0 Å². The Labute approximate surface area is 102 Å². The van der Waals surface area contributed by atoms with E-state index >= 15 is 0 Å². The number of hydrogen-bond acceptors (Lipinski definition) is 3. The number of rotatable bonds is 10. The third-order valence-electron chi connectivity index (χ3n) is 2.27. The third-order valence-corrected chi connectivity index (χ3v) is 2.97. The summed E-state index contributed by atoms with van der Waals surface area (Å²) in [5.74, 6) is 0.666. The summed E-state index contributed by atoms with van der Waals surface area (Å²) in [6, 6.07) is 0.559. The monoisotopic (exact) mass is 281 g/mol. The molecule has 0 rings (SSSR count). The fourth-order valence-electron chi connectivity index (χ4n) is 1.17. The zero-order valence-corrected chi connectivity index (χ0v) is 11.7. The average Bonchev–Trinajstić information content (AvgIpc) is 2.21. The van der Waals surface area contributed by atoms with Gasteiger partial charge in [-0.2, -0.15) is 0 Å². The van der Waals surface area contributed by atoms with Crippen LogP contribution in [0.1, 0.15) is 20.3 Å². The molecule has 0 aliphatic heterocycles. The molecule has 1 N–H and O–H groups in total. The molecule has 3 nitrogen and oxygen atoms in total. The first-order valence-corrected chi connectivity index (χ1v) is 6.70. The maximum atomic E-state index is 5.37. The Morgan fingerprint density at radius 2 is 1.93 bits per heavy atom. The number of ether oxygens (including phenoxy) is 2. The van der Waals surface area contributed by atoms with E-state index < -0.39 is 0 Å². The van der Waals surface area contributed by atoms with Crippen molar-refractivity contribution in [3.8, 4) is 0 Å². The molecule has 0 aromatic carbocycles. The molecule has 1 unspecified atom stereocenters. The van der Waals surface area contributed by atoms with Gasteiger partial charge in [-0.3, -0.25) is 0 Å². The van der Waals surface area contributed by atoms with Crippen LogP contribution >= 0.6 is 15.9 Å². The molecule has 0 fully saturated rings. The summed E-state index contributed by atoms with van der Waals surface area (Å²) in [6.45, 7) is 7.67. The molecule has 1 atom stereocenters. The van der Waals surface area contributed by atoms with Crippen LogP contribution in [0.4, 0.5) is 0 Å². The van der Waals surface area contributed by atoms with Crippen molar-refractivity contribution in [1.82, 2.24) is 5.32 Å². The highest BCUT2D eigenvalue weighted by atomic mass is 79.9. The highest BCUT2D eigenvalue weighted by molar-refractivity contribution is 9.09. The van der Waals surface area contributed by atoms with Crippen LogP contribution < -0.4 is 5.32 Å². The minimum Gasteiger partial charge on any atom is -0.382 e. The minimum atomic E-state index is 0.559. The van der Waals surface area contributed by atoms with Gasteiger partial charge in [0.25, 0.3) is 0 Å². The Kier molecular flexibility index (Phi) is 11.1. The molecule has 0 spiro atoms. The summed E-state index contributed by atoms with van der Waals surface area (Å²) in [6.07, 6.45) is 1.06. The second-order valence-electron chi connectivity index (χ2n) is 3.92. The largest absolute Gasteiger partial charge is 0.382 e. The number of alkyl halides is 1. The Morgan fingerprint density at radius 1 is 1.20 bits per heavy atom. The van der Waals surface area contributed by atoms with Gasteiger partial charge in [0.05, 0.1) is 13.2 Å². The van der Waals surface area contributed by atoms with Gasteiger partial charge in [0.1, 0.15) is 0 Å². The van der Waals surface area contributed by atoms with Crippen LogP contribution in [0.5, 0.6) is 0 Å². The summed E-state index contributed by atoms with van der Waals surface area (Å²) in [4.78, 5) is 0. The van der Waals surface area contributed by atoms with Crippen molar-refractivity contribution in [3.05, 3.63) is 0 Å². The molecule has 0 aliphatic carbocycles. The van der Waals surface area contributed by atoms with E-state index in [-0.39, 0.29) is 0 Å². The Morgan fingerprint density at radius 3 is 2.47 bits per heavy atom. The van der Waals surface area contributed by atoms with Gasteiger partial charge in [0.15, 0.2) is 0 Å². The first-order valence-electron chi connectivity index (χ1n) is 5.58. The van der Waals surface area contributed by atoms with E-state index in [4.69, 9.17) is 9.47 Å². The molecule has 15 heavy (non-hydrogen) atoms. The lowest BCUT2D eigenvalue weighted by Gasteiger charge is -2.19. The van der Waals surface area contributed by atoms with E-state index in [1.807, 2.05) is 0 Å². The van der Waals surface area contributed by atoms with Crippen LogP contribution in [-0.2, 0) is 9.47 Å². The van der Waals surface area contributed by atoms with Crippen LogP contribution in [0.15, 0.2) is 0 Å². The van der Waals surface area contributed by atoms with Crippen molar-refractivity contribution in [2.45, 2.75) is 26.3 Å². The molecular formula is C11H24BrNO2. The standard InChI is InChI=1S/C11H24BrNO2/c1-10(2)11(9-12)13-5-4-6-15-8-7-14-3/h10-11,13H,4-9H2,1-3H3. The topological polar surface area (TPSA) is 30.5 Å². The smallest absolute Gasteiger partial charge is 0.0700 e.